The summed E-state index contributed by atoms with van der Waals surface area (Å²) >= 11 is -1.04. The Hall–Kier alpha value is -1.25. The molecular formula is C21H30F2N4OS. The highest BCUT2D eigenvalue weighted by Gasteiger charge is 2.36. The Labute approximate surface area is 174 Å². The van der Waals surface area contributed by atoms with Gasteiger partial charge in [0, 0.05) is 24.2 Å². The fourth-order valence-electron chi connectivity index (χ4n) is 4.15. The molecule has 1 N–H and O–H groups in total. The van der Waals surface area contributed by atoms with Crippen LogP contribution in [0, 0.1) is 11.8 Å². The number of nitrogens with zero attached hydrogens (tertiary/aromatic N) is 3. The molecular weight excluding hydrogens is 394 g/mol. The first-order valence-corrected chi connectivity index (χ1v) is 12.1. The van der Waals surface area contributed by atoms with Crippen LogP contribution in [0.15, 0.2) is 18.5 Å². The molecule has 5 nitrogen and oxygen atoms in total. The van der Waals surface area contributed by atoms with E-state index in [1.807, 2.05) is 18.5 Å². The normalized spacial score (nSPS) is 22.1. The number of hydrogen-bond acceptors (Lipinski definition) is 4. The highest BCUT2D eigenvalue weighted by Crippen LogP contribution is 2.41. The van der Waals surface area contributed by atoms with Crippen molar-refractivity contribution in [1.29, 1.82) is 0 Å². The minimum Gasteiger partial charge on any atom is -0.598 e. The van der Waals surface area contributed by atoms with E-state index in [-0.39, 0.29) is 24.8 Å². The summed E-state index contributed by atoms with van der Waals surface area (Å²) in [6.07, 6.45) is 9.80. The van der Waals surface area contributed by atoms with Gasteiger partial charge in [0.05, 0.1) is 24.1 Å². The van der Waals surface area contributed by atoms with Crippen molar-refractivity contribution < 1.29 is 13.3 Å². The molecule has 8 heteroatoms. The van der Waals surface area contributed by atoms with E-state index >= 15 is 0 Å². The average Bonchev–Trinajstić information content (AvgIpc) is 3.45. The minimum absolute atomic E-state index is 0.0165. The number of unbranched alkanes of at least 4 members (excludes halogenated alkanes) is 1. The van der Waals surface area contributed by atoms with Crippen molar-refractivity contribution in [2.75, 3.05) is 5.75 Å². The second-order valence-electron chi connectivity index (χ2n) is 8.66. The maximum atomic E-state index is 13.4. The molecule has 0 radical (unpaired) electrons. The van der Waals surface area contributed by atoms with Crippen LogP contribution < -0.4 is 4.72 Å². The number of halogens is 2. The number of nitrogens with one attached hydrogen (secondary N) is 1. The van der Waals surface area contributed by atoms with Gasteiger partial charge in [-0.2, -0.15) is 5.10 Å². The molecule has 4 rings (SSSR count). The summed E-state index contributed by atoms with van der Waals surface area (Å²) in [6, 6.07) is 2.07. The molecule has 29 heavy (non-hydrogen) atoms. The van der Waals surface area contributed by atoms with Gasteiger partial charge in [0.25, 0.3) is 0 Å². The van der Waals surface area contributed by atoms with E-state index in [0.717, 1.165) is 49.0 Å². The summed E-state index contributed by atoms with van der Waals surface area (Å²) in [5.41, 5.74) is 2.71. The van der Waals surface area contributed by atoms with Gasteiger partial charge in [0.15, 0.2) is 5.65 Å². The first-order chi connectivity index (χ1) is 13.9. The molecule has 2 aromatic heterocycles. The first-order valence-electron chi connectivity index (χ1n) is 10.8. The maximum Gasteiger partial charge on any atom is 0.248 e. The second-order valence-corrected chi connectivity index (χ2v) is 10.00. The summed E-state index contributed by atoms with van der Waals surface area (Å²) in [4.78, 5) is 4.70. The molecule has 1 unspecified atom stereocenters. The molecule has 2 aromatic rings. The SMILES string of the molecule is CCCC[S@+]([O-])NC(c1cnn2cc(CC3CCC(F)(F)CC3)nc2c1)C1CC1. The van der Waals surface area contributed by atoms with Gasteiger partial charge in [-0.05, 0) is 62.0 Å². The number of fused-ring (bicyclic) bond motifs is 1. The topological polar surface area (TPSA) is 65.3 Å². The Balaban J connectivity index is 1.44. The van der Waals surface area contributed by atoms with Gasteiger partial charge in [-0.1, -0.05) is 13.3 Å². The largest absolute Gasteiger partial charge is 0.598 e. The van der Waals surface area contributed by atoms with Crippen LogP contribution in [-0.2, 0) is 17.8 Å². The van der Waals surface area contributed by atoms with Crippen molar-refractivity contribution in [3.63, 3.8) is 0 Å². The fourth-order valence-corrected chi connectivity index (χ4v) is 5.43. The molecule has 0 bridgehead atoms. The zero-order valence-corrected chi connectivity index (χ0v) is 17.8. The predicted octanol–water partition coefficient (Wildman–Crippen LogP) is 4.60. The van der Waals surface area contributed by atoms with Crippen molar-refractivity contribution in [2.24, 2.45) is 11.8 Å². The number of aromatic nitrogens is 3. The predicted molar refractivity (Wildman–Crippen MR) is 110 cm³/mol. The quantitative estimate of drug-likeness (QED) is 0.598. The van der Waals surface area contributed by atoms with E-state index in [2.05, 4.69) is 16.7 Å². The molecule has 0 aliphatic heterocycles. The number of rotatable bonds is 9. The Kier molecular flexibility index (Phi) is 6.41. The van der Waals surface area contributed by atoms with Crippen LogP contribution in [0.5, 0.6) is 0 Å². The van der Waals surface area contributed by atoms with Crippen LogP contribution in [-0.4, -0.2) is 30.8 Å². The third-order valence-corrected chi connectivity index (χ3v) is 7.30. The summed E-state index contributed by atoms with van der Waals surface area (Å²) in [6.45, 7) is 2.10. The molecule has 2 fully saturated rings. The van der Waals surface area contributed by atoms with Gasteiger partial charge in [0.1, 0.15) is 5.75 Å². The van der Waals surface area contributed by atoms with Crippen molar-refractivity contribution in [1.82, 2.24) is 19.3 Å². The molecule has 0 amide bonds. The van der Waals surface area contributed by atoms with E-state index in [0.29, 0.717) is 24.5 Å². The van der Waals surface area contributed by atoms with E-state index in [9.17, 15) is 13.3 Å². The Bertz CT molecular complexity index is 816. The van der Waals surface area contributed by atoms with Crippen molar-refractivity contribution in [3.8, 4) is 0 Å². The van der Waals surface area contributed by atoms with Crippen molar-refractivity contribution in [2.45, 2.75) is 76.7 Å². The van der Waals surface area contributed by atoms with Crippen LogP contribution in [0.3, 0.4) is 0 Å². The zero-order chi connectivity index (χ0) is 20.4. The van der Waals surface area contributed by atoms with Crippen LogP contribution in [0.25, 0.3) is 5.65 Å². The van der Waals surface area contributed by atoms with Crippen LogP contribution in [0.1, 0.15) is 75.6 Å². The van der Waals surface area contributed by atoms with Crippen LogP contribution in [0.2, 0.25) is 0 Å². The van der Waals surface area contributed by atoms with Gasteiger partial charge in [0.2, 0.25) is 5.92 Å². The molecule has 160 valence electrons. The van der Waals surface area contributed by atoms with E-state index in [1.165, 1.54) is 0 Å². The summed E-state index contributed by atoms with van der Waals surface area (Å²) in [5, 5.41) is 4.51. The molecule has 2 atom stereocenters. The Morgan fingerprint density at radius 3 is 2.76 bits per heavy atom. The lowest BCUT2D eigenvalue weighted by molar-refractivity contribution is -0.0457. The lowest BCUT2D eigenvalue weighted by atomic mass is 9.84. The van der Waals surface area contributed by atoms with Gasteiger partial charge in [-0.3, -0.25) is 0 Å². The van der Waals surface area contributed by atoms with Gasteiger partial charge in [-0.15, -0.1) is 4.72 Å². The van der Waals surface area contributed by atoms with E-state index in [1.54, 1.807) is 4.52 Å². The highest BCUT2D eigenvalue weighted by atomic mass is 32.2. The first kappa shape index (κ1) is 21.0. The van der Waals surface area contributed by atoms with Crippen LogP contribution in [0.4, 0.5) is 8.78 Å². The molecule has 0 spiro atoms. The second kappa shape index (κ2) is 8.86. The molecule has 0 aromatic carbocycles. The Morgan fingerprint density at radius 2 is 2.07 bits per heavy atom. The molecule has 2 aliphatic carbocycles. The zero-order valence-electron chi connectivity index (χ0n) is 16.9. The Morgan fingerprint density at radius 1 is 1.31 bits per heavy atom. The molecule has 2 aliphatic rings. The maximum absolute atomic E-state index is 13.4. The smallest absolute Gasteiger partial charge is 0.248 e. The van der Waals surface area contributed by atoms with Crippen LogP contribution >= 0.6 is 0 Å². The third kappa shape index (κ3) is 5.47. The van der Waals surface area contributed by atoms with Gasteiger partial charge < -0.3 is 4.55 Å². The number of imidazole rings is 1. The molecule has 2 saturated carbocycles. The minimum atomic E-state index is -2.49. The highest BCUT2D eigenvalue weighted by molar-refractivity contribution is 7.89. The molecule has 2 heterocycles. The number of hydrogen-bond donors (Lipinski definition) is 1. The van der Waals surface area contributed by atoms with Crippen molar-refractivity contribution >= 4 is 17.0 Å². The van der Waals surface area contributed by atoms with E-state index < -0.39 is 17.3 Å². The van der Waals surface area contributed by atoms with Gasteiger partial charge in [-0.25, -0.2) is 18.3 Å². The molecule has 0 saturated heterocycles. The summed E-state index contributed by atoms with van der Waals surface area (Å²) in [7, 11) is 0. The average molecular weight is 425 g/mol. The lowest BCUT2D eigenvalue weighted by Crippen LogP contribution is -2.32. The fraction of sp³-hybridized carbons (Fsp3) is 0.714. The lowest BCUT2D eigenvalue weighted by Gasteiger charge is -2.27. The van der Waals surface area contributed by atoms with Crippen molar-refractivity contribution in [3.05, 3.63) is 29.7 Å². The summed E-state index contributed by atoms with van der Waals surface area (Å²) in [5.74, 6) is -1.05. The third-order valence-electron chi connectivity index (χ3n) is 6.12. The number of alkyl halides is 2. The van der Waals surface area contributed by atoms with E-state index in [4.69, 9.17) is 4.98 Å². The van der Waals surface area contributed by atoms with Gasteiger partial charge >= 0.3 is 0 Å². The summed E-state index contributed by atoms with van der Waals surface area (Å²) < 4.78 is 44.2. The monoisotopic (exact) mass is 424 g/mol. The standard InChI is InChI=1S/C21H30F2N4OS/c1-2-3-10-29(28)26-20(16-4-5-16)17-12-19-25-18(14-27(19)24-13-17)11-15-6-8-21(22,23)9-7-15/h12-16,20,26H,2-11H2,1H3/t20?,29-/m0/s1.